The second kappa shape index (κ2) is 6.13. The van der Waals surface area contributed by atoms with Gasteiger partial charge in [-0.25, -0.2) is 0 Å². The lowest BCUT2D eigenvalue weighted by molar-refractivity contribution is -0.0129. The van der Waals surface area contributed by atoms with Crippen LogP contribution in [0.25, 0.3) is 0 Å². The zero-order chi connectivity index (χ0) is 10.3. The maximum atomic E-state index is 5.46. The molecule has 0 radical (unpaired) electrons. The molecule has 0 amide bonds. The van der Waals surface area contributed by atoms with Gasteiger partial charge >= 0.3 is 0 Å². The van der Waals surface area contributed by atoms with E-state index in [4.69, 9.17) is 10.6 Å². The topological polar surface area (TPSA) is 47.3 Å². The first-order valence-corrected chi connectivity index (χ1v) is 4.70. The van der Waals surface area contributed by atoms with Crippen molar-refractivity contribution in [2.75, 3.05) is 7.11 Å². The van der Waals surface area contributed by atoms with Crippen LogP contribution in [0.15, 0.2) is 12.7 Å². The molecule has 0 saturated carbocycles. The third kappa shape index (κ3) is 4.41. The van der Waals surface area contributed by atoms with Gasteiger partial charge in [0, 0.05) is 13.2 Å². The van der Waals surface area contributed by atoms with E-state index in [0.717, 1.165) is 19.3 Å². The number of hydrazine groups is 1. The predicted molar refractivity (Wildman–Crippen MR) is 56.2 cm³/mol. The number of nitrogens with two attached hydrogens (primary N) is 1. The van der Waals surface area contributed by atoms with Crippen molar-refractivity contribution in [3.8, 4) is 0 Å². The van der Waals surface area contributed by atoms with Crippen LogP contribution in [0, 0.1) is 0 Å². The van der Waals surface area contributed by atoms with Crippen molar-refractivity contribution in [1.82, 2.24) is 5.43 Å². The molecule has 78 valence electrons. The van der Waals surface area contributed by atoms with E-state index in [2.05, 4.69) is 12.0 Å². The average molecular weight is 186 g/mol. The number of hydrogen-bond acceptors (Lipinski definition) is 3. The fraction of sp³-hybridized carbons (Fsp3) is 0.800. The van der Waals surface area contributed by atoms with Crippen LogP contribution in [0.3, 0.4) is 0 Å². The van der Waals surface area contributed by atoms with Crippen molar-refractivity contribution >= 4 is 0 Å². The molecule has 0 aromatic heterocycles. The molecule has 3 nitrogen and oxygen atoms in total. The minimum atomic E-state index is -0.212. The first kappa shape index (κ1) is 12.6. The van der Waals surface area contributed by atoms with E-state index < -0.39 is 0 Å². The molecule has 0 fully saturated rings. The van der Waals surface area contributed by atoms with E-state index in [1.165, 1.54) is 0 Å². The summed E-state index contributed by atoms with van der Waals surface area (Å²) in [5.41, 5.74) is 2.58. The van der Waals surface area contributed by atoms with Crippen molar-refractivity contribution in [3.05, 3.63) is 12.7 Å². The second-order valence-electron chi connectivity index (χ2n) is 3.75. The van der Waals surface area contributed by atoms with Gasteiger partial charge in [0.05, 0.1) is 5.60 Å². The molecule has 0 aliphatic heterocycles. The molecule has 0 aromatic carbocycles. The van der Waals surface area contributed by atoms with Crippen molar-refractivity contribution in [3.63, 3.8) is 0 Å². The Hall–Kier alpha value is -0.380. The van der Waals surface area contributed by atoms with Crippen molar-refractivity contribution in [2.45, 2.75) is 44.8 Å². The molecule has 0 bridgehead atoms. The number of rotatable bonds is 7. The fourth-order valence-corrected chi connectivity index (χ4v) is 1.24. The molecule has 13 heavy (non-hydrogen) atoms. The largest absolute Gasteiger partial charge is 0.377 e. The second-order valence-corrected chi connectivity index (χ2v) is 3.75. The van der Waals surface area contributed by atoms with Crippen LogP contribution in [0.1, 0.15) is 33.1 Å². The molecule has 0 spiro atoms. The van der Waals surface area contributed by atoms with Crippen molar-refractivity contribution in [2.24, 2.45) is 5.84 Å². The van der Waals surface area contributed by atoms with E-state index in [-0.39, 0.29) is 11.6 Å². The Morgan fingerprint density at radius 3 is 2.62 bits per heavy atom. The number of methoxy groups -OCH3 is 1. The molecule has 0 aliphatic rings. The van der Waals surface area contributed by atoms with Gasteiger partial charge in [0.15, 0.2) is 0 Å². The monoisotopic (exact) mass is 186 g/mol. The molecule has 0 rings (SSSR count). The number of hydrogen-bond donors (Lipinski definition) is 2. The minimum absolute atomic E-state index is 0.192. The van der Waals surface area contributed by atoms with Crippen LogP contribution in [0.4, 0.5) is 0 Å². The van der Waals surface area contributed by atoms with E-state index in [1.54, 1.807) is 7.11 Å². The normalized spacial score (nSPS) is 14.2. The van der Waals surface area contributed by atoms with Gasteiger partial charge in [-0.15, -0.1) is 6.58 Å². The molecule has 0 aliphatic carbocycles. The highest BCUT2D eigenvalue weighted by Crippen LogP contribution is 2.17. The zero-order valence-electron chi connectivity index (χ0n) is 8.97. The van der Waals surface area contributed by atoms with Gasteiger partial charge in [0.2, 0.25) is 0 Å². The van der Waals surface area contributed by atoms with Crippen LogP contribution < -0.4 is 11.3 Å². The molecular formula is C10H22N2O. The van der Waals surface area contributed by atoms with Crippen LogP contribution in [0.2, 0.25) is 0 Å². The molecule has 1 atom stereocenters. The third-order valence-corrected chi connectivity index (χ3v) is 2.47. The van der Waals surface area contributed by atoms with Crippen LogP contribution in [0.5, 0.6) is 0 Å². The Balaban J connectivity index is 3.94. The first-order valence-electron chi connectivity index (χ1n) is 4.70. The van der Waals surface area contributed by atoms with E-state index in [0.29, 0.717) is 0 Å². The SMILES string of the molecule is C=CCCCC(NN)C(C)(C)OC. The Bertz CT molecular complexity index is 146. The molecule has 1 unspecified atom stereocenters. The Morgan fingerprint density at radius 2 is 2.23 bits per heavy atom. The average Bonchev–Trinajstić information content (AvgIpc) is 2.12. The quantitative estimate of drug-likeness (QED) is 0.275. The Kier molecular flexibility index (Phi) is 5.95. The first-order chi connectivity index (χ1) is 6.08. The number of ether oxygens (including phenoxy) is 1. The number of unbranched alkanes of at least 4 members (excludes halogenated alkanes) is 1. The van der Waals surface area contributed by atoms with Crippen LogP contribution >= 0.6 is 0 Å². The van der Waals surface area contributed by atoms with Crippen LogP contribution in [-0.4, -0.2) is 18.8 Å². The lowest BCUT2D eigenvalue weighted by Gasteiger charge is -2.32. The van der Waals surface area contributed by atoms with Gasteiger partial charge in [-0.2, -0.15) is 0 Å². The van der Waals surface area contributed by atoms with Crippen LogP contribution in [-0.2, 0) is 4.74 Å². The summed E-state index contributed by atoms with van der Waals surface area (Å²) in [7, 11) is 1.71. The summed E-state index contributed by atoms with van der Waals surface area (Å²) in [6.45, 7) is 7.75. The number of nitrogens with one attached hydrogen (secondary N) is 1. The Morgan fingerprint density at radius 1 is 1.62 bits per heavy atom. The number of allylic oxidation sites excluding steroid dienone is 1. The van der Waals surface area contributed by atoms with Crippen molar-refractivity contribution in [1.29, 1.82) is 0 Å². The third-order valence-electron chi connectivity index (χ3n) is 2.47. The minimum Gasteiger partial charge on any atom is -0.377 e. The van der Waals surface area contributed by atoms with Crippen molar-refractivity contribution < 1.29 is 4.74 Å². The fourth-order valence-electron chi connectivity index (χ4n) is 1.24. The molecule has 0 aromatic rings. The summed E-state index contributed by atoms with van der Waals surface area (Å²) >= 11 is 0. The summed E-state index contributed by atoms with van der Waals surface area (Å²) in [4.78, 5) is 0. The summed E-state index contributed by atoms with van der Waals surface area (Å²) < 4.78 is 5.35. The maximum absolute atomic E-state index is 5.46. The zero-order valence-corrected chi connectivity index (χ0v) is 8.97. The van der Waals surface area contributed by atoms with Gasteiger partial charge in [0.25, 0.3) is 0 Å². The summed E-state index contributed by atoms with van der Waals surface area (Å²) in [6.07, 6.45) is 5.04. The molecule has 3 heteroatoms. The molecule has 3 N–H and O–H groups in total. The summed E-state index contributed by atoms with van der Waals surface area (Å²) in [5, 5.41) is 0. The lowest BCUT2D eigenvalue weighted by atomic mass is 9.94. The molecule has 0 heterocycles. The smallest absolute Gasteiger partial charge is 0.0788 e. The van der Waals surface area contributed by atoms with Gasteiger partial charge < -0.3 is 4.74 Å². The predicted octanol–water partition coefficient (Wildman–Crippen LogP) is 1.60. The highest BCUT2D eigenvalue weighted by molar-refractivity contribution is 4.84. The summed E-state index contributed by atoms with van der Waals surface area (Å²) in [5.74, 6) is 5.46. The summed E-state index contributed by atoms with van der Waals surface area (Å²) in [6, 6.07) is 0.192. The van der Waals surface area contributed by atoms with E-state index >= 15 is 0 Å². The van der Waals surface area contributed by atoms with E-state index in [1.807, 2.05) is 19.9 Å². The standard InChI is InChI=1S/C10H22N2O/c1-5-6-7-8-9(12-11)10(2,3)13-4/h5,9,12H,1,6-8,11H2,2-4H3. The molecular weight excluding hydrogens is 164 g/mol. The van der Waals surface area contributed by atoms with Gasteiger partial charge in [0.1, 0.15) is 0 Å². The highest BCUT2D eigenvalue weighted by atomic mass is 16.5. The Labute approximate surface area is 81.3 Å². The van der Waals surface area contributed by atoms with Gasteiger partial charge in [-0.3, -0.25) is 11.3 Å². The highest BCUT2D eigenvalue weighted by Gasteiger charge is 2.27. The van der Waals surface area contributed by atoms with Gasteiger partial charge in [-0.05, 0) is 33.1 Å². The molecule has 0 saturated heterocycles. The maximum Gasteiger partial charge on any atom is 0.0788 e. The van der Waals surface area contributed by atoms with E-state index in [9.17, 15) is 0 Å². The lowest BCUT2D eigenvalue weighted by Crippen LogP contribution is -2.50. The van der Waals surface area contributed by atoms with Gasteiger partial charge in [-0.1, -0.05) is 6.08 Å².